The Hall–Kier alpha value is -1.79. The third kappa shape index (κ3) is 4.42. The summed E-state index contributed by atoms with van der Waals surface area (Å²) in [6, 6.07) is 6.98. The zero-order valence-electron chi connectivity index (χ0n) is 11.1. The summed E-state index contributed by atoms with van der Waals surface area (Å²) in [5, 5.41) is 1.93. The van der Waals surface area contributed by atoms with Gasteiger partial charge in [-0.25, -0.2) is 5.01 Å². The van der Waals surface area contributed by atoms with Gasteiger partial charge in [0.25, 0.3) is 5.91 Å². The molecule has 2 rings (SSSR count). The molecule has 0 aliphatic carbocycles. The molecule has 0 spiro atoms. The first-order valence-corrected chi connectivity index (χ1v) is 6.35. The molecule has 0 aromatic heterocycles. The number of carbonyl (C=O) groups excluding carboxylic acids is 1. The summed E-state index contributed by atoms with van der Waals surface area (Å²) in [6.45, 7) is 3.60. The molecule has 6 heteroatoms. The van der Waals surface area contributed by atoms with Crippen molar-refractivity contribution in [2.75, 3.05) is 45.6 Å². The quantitative estimate of drug-likeness (QED) is 0.745. The molecular formula is C13H20N4O2. The van der Waals surface area contributed by atoms with Crippen molar-refractivity contribution in [2.24, 2.45) is 0 Å². The molecule has 3 N–H and O–H groups in total. The van der Waals surface area contributed by atoms with E-state index < -0.39 is 0 Å². The molecule has 1 aromatic carbocycles. The molecule has 0 atom stereocenters. The number of hydrogen-bond donors (Lipinski definition) is 2. The van der Waals surface area contributed by atoms with Crippen molar-refractivity contribution >= 4 is 11.6 Å². The van der Waals surface area contributed by atoms with Crippen molar-refractivity contribution in [1.29, 1.82) is 0 Å². The molecule has 1 aliphatic heterocycles. The molecule has 0 unspecified atom stereocenters. The number of hydrogen-bond acceptors (Lipinski definition) is 5. The second kappa shape index (κ2) is 6.40. The number of hydrazine groups is 1. The summed E-state index contributed by atoms with van der Waals surface area (Å²) in [4.78, 5) is 13.9. The van der Waals surface area contributed by atoms with Gasteiger partial charge in [0.05, 0.1) is 0 Å². The zero-order valence-corrected chi connectivity index (χ0v) is 11.1. The van der Waals surface area contributed by atoms with E-state index in [1.807, 2.05) is 5.01 Å². The molecule has 104 valence electrons. The summed E-state index contributed by atoms with van der Waals surface area (Å²) < 4.78 is 5.38. The predicted molar refractivity (Wildman–Crippen MR) is 73.6 cm³/mol. The Morgan fingerprint density at radius 1 is 1.26 bits per heavy atom. The minimum absolute atomic E-state index is 0.0102. The van der Waals surface area contributed by atoms with E-state index in [1.165, 1.54) is 0 Å². The third-order valence-corrected chi connectivity index (χ3v) is 3.04. The number of nitrogens with two attached hydrogens (primary N) is 1. The van der Waals surface area contributed by atoms with Gasteiger partial charge < -0.3 is 15.4 Å². The monoisotopic (exact) mass is 264 g/mol. The Kier molecular flexibility index (Phi) is 4.59. The minimum atomic E-state index is -0.138. The van der Waals surface area contributed by atoms with Crippen molar-refractivity contribution in [3.05, 3.63) is 24.3 Å². The number of amides is 1. The van der Waals surface area contributed by atoms with Crippen LogP contribution in [0.3, 0.4) is 0 Å². The second-order valence-electron chi connectivity index (χ2n) is 4.68. The van der Waals surface area contributed by atoms with Gasteiger partial charge in [0.1, 0.15) is 5.75 Å². The molecule has 0 saturated carbocycles. The van der Waals surface area contributed by atoms with Crippen LogP contribution >= 0.6 is 0 Å². The molecule has 6 nitrogen and oxygen atoms in total. The molecule has 19 heavy (non-hydrogen) atoms. The molecule has 1 fully saturated rings. The average Bonchev–Trinajstić information content (AvgIpc) is 2.41. The van der Waals surface area contributed by atoms with E-state index in [0.29, 0.717) is 11.4 Å². The highest BCUT2D eigenvalue weighted by atomic mass is 16.5. The highest BCUT2D eigenvalue weighted by molar-refractivity contribution is 5.77. The average molecular weight is 264 g/mol. The first kappa shape index (κ1) is 13.6. The molecule has 0 bridgehead atoms. The van der Waals surface area contributed by atoms with Gasteiger partial charge >= 0.3 is 0 Å². The fraction of sp³-hybridized carbons (Fsp3) is 0.462. The largest absolute Gasteiger partial charge is 0.484 e. The fourth-order valence-electron chi connectivity index (χ4n) is 1.84. The Morgan fingerprint density at radius 3 is 2.53 bits per heavy atom. The van der Waals surface area contributed by atoms with Crippen molar-refractivity contribution in [2.45, 2.75) is 0 Å². The van der Waals surface area contributed by atoms with Crippen molar-refractivity contribution < 1.29 is 9.53 Å². The van der Waals surface area contributed by atoms with Crippen LogP contribution in [0.15, 0.2) is 24.3 Å². The number of rotatable bonds is 4. The normalized spacial score (nSPS) is 17.1. The molecule has 1 heterocycles. The Morgan fingerprint density at radius 2 is 1.89 bits per heavy atom. The first-order chi connectivity index (χ1) is 9.13. The molecule has 0 radical (unpaired) electrons. The lowest BCUT2D eigenvalue weighted by atomic mass is 10.3. The van der Waals surface area contributed by atoms with Crippen LogP contribution in [0.25, 0.3) is 0 Å². The number of nitrogen functional groups attached to an aromatic ring is 1. The van der Waals surface area contributed by atoms with Crippen molar-refractivity contribution in [3.63, 3.8) is 0 Å². The standard InChI is InChI=1S/C13H20N4O2/c1-16-6-8-17(9-7-16)15-13(18)10-19-12-4-2-11(14)3-5-12/h2-5H,6-10,14H2,1H3,(H,15,18). The van der Waals surface area contributed by atoms with Crippen LogP contribution in [0, 0.1) is 0 Å². The number of piperazine rings is 1. The lowest BCUT2D eigenvalue weighted by Gasteiger charge is -2.32. The molecule has 1 aliphatic rings. The zero-order chi connectivity index (χ0) is 13.7. The van der Waals surface area contributed by atoms with Gasteiger partial charge in [0.15, 0.2) is 6.61 Å². The summed E-state index contributed by atoms with van der Waals surface area (Å²) in [5.74, 6) is 0.504. The van der Waals surface area contributed by atoms with E-state index >= 15 is 0 Å². The third-order valence-electron chi connectivity index (χ3n) is 3.04. The maximum atomic E-state index is 11.7. The van der Waals surface area contributed by atoms with Crippen LogP contribution < -0.4 is 15.9 Å². The maximum absolute atomic E-state index is 11.7. The van der Waals surface area contributed by atoms with Crippen molar-refractivity contribution in [3.8, 4) is 5.75 Å². The Labute approximate surface area is 113 Å². The highest BCUT2D eigenvalue weighted by Crippen LogP contribution is 2.12. The fourth-order valence-corrected chi connectivity index (χ4v) is 1.84. The first-order valence-electron chi connectivity index (χ1n) is 6.35. The lowest BCUT2D eigenvalue weighted by Crippen LogP contribution is -2.53. The van der Waals surface area contributed by atoms with E-state index in [0.717, 1.165) is 26.2 Å². The number of nitrogens with zero attached hydrogens (tertiary/aromatic N) is 2. The van der Waals surface area contributed by atoms with Crippen molar-refractivity contribution in [1.82, 2.24) is 15.3 Å². The van der Waals surface area contributed by atoms with E-state index in [4.69, 9.17) is 10.5 Å². The highest BCUT2D eigenvalue weighted by Gasteiger charge is 2.15. The number of benzene rings is 1. The van der Waals surface area contributed by atoms with Crippen LogP contribution in [0.5, 0.6) is 5.75 Å². The second-order valence-corrected chi connectivity index (χ2v) is 4.68. The number of ether oxygens (including phenoxy) is 1. The summed E-state index contributed by atoms with van der Waals surface area (Å²) in [5.41, 5.74) is 9.09. The van der Waals surface area contributed by atoms with E-state index in [2.05, 4.69) is 17.4 Å². The van der Waals surface area contributed by atoms with Gasteiger partial charge in [0, 0.05) is 31.9 Å². The number of anilines is 1. The molecule has 1 aromatic rings. The van der Waals surface area contributed by atoms with E-state index in [9.17, 15) is 4.79 Å². The van der Waals surface area contributed by atoms with Gasteiger partial charge in [-0.1, -0.05) is 0 Å². The van der Waals surface area contributed by atoms with E-state index in [-0.39, 0.29) is 12.5 Å². The SMILES string of the molecule is CN1CCN(NC(=O)COc2ccc(N)cc2)CC1. The van der Waals surface area contributed by atoms with Crippen LogP contribution in [0.1, 0.15) is 0 Å². The van der Waals surface area contributed by atoms with Crippen LogP contribution in [-0.4, -0.2) is 55.6 Å². The summed E-state index contributed by atoms with van der Waals surface area (Å²) >= 11 is 0. The topological polar surface area (TPSA) is 70.8 Å². The van der Waals surface area contributed by atoms with Gasteiger partial charge in [0.2, 0.25) is 0 Å². The molecule has 1 amide bonds. The lowest BCUT2D eigenvalue weighted by molar-refractivity contribution is -0.128. The van der Waals surface area contributed by atoms with Gasteiger partial charge in [-0.05, 0) is 31.3 Å². The number of carbonyl (C=O) groups is 1. The van der Waals surface area contributed by atoms with Crippen LogP contribution in [0.2, 0.25) is 0 Å². The smallest absolute Gasteiger partial charge is 0.272 e. The maximum Gasteiger partial charge on any atom is 0.272 e. The number of nitrogens with one attached hydrogen (secondary N) is 1. The van der Waals surface area contributed by atoms with Crippen LogP contribution in [-0.2, 0) is 4.79 Å². The van der Waals surface area contributed by atoms with Gasteiger partial charge in [-0.2, -0.15) is 0 Å². The number of likely N-dealkylation sites (N-methyl/N-ethyl adjacent to an activating group) is 1. The van der Waals surface area contributed by atoms with E-state index in [1.54, 1.807) is 24.3 Å². The van der Waals surface area contributed by atoms with Gasteiger partial charge in [-0.15, -0.1) is 0 Å². The van der Waals surface area contributed by atoms with Gasteiger partial charge in [-0.3, -0.25) is 10.2 Å². The predicted octanol–water partition coefficient (Wildman–Crippen LogP) is -0.0738. The summed E-state index contributed by atoms with van der Waals surface area (Å²) in [7, 11) is 2.07. The minimum Gasteiger partial charge on any atom is -0.484 e. The molecule has 1 saturated heterocycles. The molecular weight excluding hydrogens is 244 g/mol. The summed E-state index contributed by atoms with van der Waals surface area (Å²) in [6.07, 6.45) is 0. The van der Waals surface area contributed by atoms with Crippen LogP contribution in [0.4, 0.5) is 5.69 Å². The Bertz CT molecular complexity index is 413. The Balaban J connectivity index is 1.71.